The molecule has 2 heterocycles. The van der Waals surface area contributed by atoms with Gasteiger partial charge in [-0.3, -0.25) is 0 Å². The lowest BCUT2D eigenvalue weighted by atomic mass is 9.94. The van der Waals surface area contributed by atoms with Gasteiger partial charge in [-0.25, -0.2) is 4.85 Å². The molecule has 2 aromatic heterocycles. The predicted octanol–water partition coefficient (Wildman–Crippen LogP) is 11.6. The molecule has 48 heavy (non-hydrogen) atoms. The molecule has 0 saturated heterocycles. The highest BCUT2D eigenvalue weighted by atomic mass is 15.0. The molecule has 0 radical (unpaired) electrons. The Labute approximate surface area is 277 Å². The molecule has 0 aliphatic carbocycles. The Kier molecular flexibility index (Phi) is 6.22. The lowest BCUT2D eigenvalue weighted by Crippen LogP contribution is -1.99. The summed E-state index contributed by atoms with van der Waals surface area (Å²) < 4.78 is 4.65. The van der Waals surface area contributed by atoms with Crippen LogP contribution < -0.4 is 0 Å². The molecule has 0 atom stereocenters. The number of para-hydroxylation sites is 3. The topological polar surface area (TPSA) is 38.0 Å². The van der Waals surface area contributed by atoms with E-state index in [4.69, 9.17) is 6.57 Å². The Hall–Kier alpha value is -6.88. The standard InChI is InChI=1S/C44H26N4/c1-46-32-22-24-44-39(27-32)37-17-6-9-20-42(37)48(44)43-23-21-30(34-14-3-2-11-31(34)28-45)26-38(43)29-12-10-13-33(25-29)47-40-18-7-4-15-35(40)36-16-5-8-19-41(36)47/h2-27H. The van der Waals surface area contributed by atoms with Gasteiger partial charge in [-0.05, 0) is 82.7 Å². The summed E-state index contributed by atoms with van der Waals surface area (Å²) in [6.45, 7) is 7.66. The van der Waals surface area contributed by atoms with Crippen LogP contribution in [0.25, 0.3) is 82.1 Å². The van der Waals surface area contributed by atoms with Crippen molar-refractivity contribution >= 4 is 49.3 Å². The minimum atomic E-state index is 0.618. The van der Waals surface area contributed by atoms with Gasteiger partial charge in [0.15, 0.2) is 5.69 Å². The summed E-state index contributed by atoms with van der Waals surface area (Å²) in [5.41, 5.74) is 11.7. The van der Waals surface area contributed by atoms with Gasteiger partial charge in [-0.15, -0.1) is 0 Å². The van der Waals surface area contributed by atoms with E-state index in [0.29, 0.717) is 11.3 Å². The van der Waals surface area contributed by atoms with Gasteiger partial charge in [0, 0.05) is 27.4 Å². The molecule has 0 bridgehead atoms. The van der Waals surface area contributed by atoms with Crippen molar-refractivity contribution < 1.29 is 0 Å². The van der Waals surface area contributed by atoms with Gasteiger partial charge in [0.2, 0.25) is 0 Å². The molecule has 9 rings (SSSR count). The highest BCUT2D eigenvalue weighted by molar-refractivity contribution is 6.11. The fourth-order valence-corrected chi connectivity index (χ4v) is 7.27. The average molecular weight is 611 g/mol. The zero-order valence-electron chi connectivity index (χ0n) is 25.8. The van der Waals surface area contributed by atoms with E-state index in [1.54, 1.807) is 0 Å². The van der Waals surface area contributed by atoms with Crippen LogP contribution in [0.4, 0.5) is 5.69 Å². The number of aromatic nitrogens is 2. The van der Waals surface area contributed by atoms with E-state index in [9.17, 15) is 5.26 Å². The molecule has 7 aromatic carbocycles. The van der Waals surface area contributed by atoms with Gasteiger partial charge in [-0.1, -0.05) is 97.1 Å². The molecule has 0 N–H and O–H groups in total. The summed E-state index contributed by atoms with van der Waals surface area (Å²) >= 11 is 0. The Morgan fingerprint density at radius 3 is 1.79 bits per heavy atom. The van der Waals surface area contributed by atoms with Gasteiger partial charge in [0.25, 0.3) is 0 Å². The number of hydrogen-bond donors (Lipinski definition) is 0. The second kappa shape index (κ2) is 10.9. The minimum Gasteiger partial charge on any atom is -0.309 e. The lowest BCUT2D eigenvalue weighted by Gasteiger charge is -2.17. The molecule has 9 aromatic rings. The largest absolute Gasteiger partial charge is 0.309 e. The van der Waals surface area contributed by atoms with E-state index in [1.165, 1.54) is 10.8 Å². The fourth-order valence-electron chi connectivity index (χ4n) is 7.27. The van der Waals surface area contributed by atoms with E-state index in [0.717, 1.165) is 66.5 Å². The zero-order valence-corrected chi connectivity index (χ0v) is 25.8. The summed E-state index contributed by atoms with van der Waals surface area (Å²) in [4.78, 5) is 3.73. The Morgan fingerprint density at radius 2 is 1.08 bits per heavy atom. The Morgan fingerprint density at radius 1 is 0.479 bits per heavy atom. The average Bonchev–Trinajstić information content (AvgIpc) is 3.67. The molecule has 4 nitrogen and oxygen atoms in total. The van der Waals surface area contributed by atoms with Crippen LogP contribution in [0.1, 0.15) is 5.56 Å². The maximum absolute atomic E-state index is 9.99. The van der Waals surface area contributed by atoms with E-state index in [2.05, 4.69) is 141 Å². The molecule has 0 saturated carbocycles. The molecule has 0 spiro atoms. The summed E-state index contributed by atoms with van der Waals surface area (Å²) in [5, 5.41) is 14.6. The quantitative estimate of drug-likeness (QED) is 0.183. The van der Waals surface area contributed by atoms with Crippen LogP contribution >= 0.6 is 0 Å². The molecule has 222 valence electrons. The molecular formula is C44H26N4. The van der Waals surface area contributed by atoms with Crippen molar-refractivity contribution in [2.24, 2.45) is 0 Å². The van der Waals surface area contributed by atoms with Crippen LogP contribution in [0.2, 0.25) is 0 Å². The predicted molar refractivity (Wildman–Crippen MR) is 197 cm³/mol. The Balaban J connectivity index is 1.35. The molecule has 0 fully saturated rings. The number of nitrogens with zero attached hydrogens (tertiary/aromatic N) is 4. The molecule has 4 heteroatoms. The number of nitriles is 1. The first-order valence-electron chi connectivity index (χ1n) is 15.9. The van der Waals surface area contributed by atoms with E-state index < -0.39 is 0 Å². The summed E-state index contributed by atoms with van der Waals surface area (Å²) in [7, 11) is 0. The van der Waals surface area contributed by atoms with Gasteiger partial charge in [0.1, 0.15) is 0 Å². The van der Waals surface area contributed by atoms with Crippen molar-refractivity contribution in [1.29, 1.82) is 5.26 Å². The van der Waals surface area contributed by atoms with Gasteiger partial charge >= 0.3 is 0 Å². The third kappa shape index (κ3) is 4.14. The SMILES string of the molecule is [C-]#[N+]c1ccc2c(c1)c1ccccc1n2-c1ccc(-c2ccccc2C#N)cc1-c1cccc(-n2c3ccccc3c3ccccc32)c1. The first kappa shape index (κ1) is 27.4. The zero-order chi connectivity index (χ0) is 32.2. The smallest absolute Gasteiger partial charge is 0.188 e. The Bertz CT molecular complexity index is 2760. The minimum absolute atomic E-state index is 0.618. The first-order valence-corrected chi connectivity index (χ1v) is 15.9. The van der Waals surface area contributed by atoms with Crippen molar-refractivity contribution in [3.8, 4) is 39.7 Å². The summed E-state index contributed by atoms with van der Waals surface area (Å²) in [6.07, 6.45) is 0. The normalized spacial score (nSPS) is 11.3. The van der Waals surface area contributed by atoms with Crippen molar-refractivity contribution in [3.05, 3.63) is 175 Å². The second-order valence-corrected chi connectivity index (χ2v) is 12.0. The molecule has 0 amide bonds. The summed E-state index contributed by atoms with van der Waals surface area (Å²) in [5.74, 6) is 0. The lowest BCUT2D eigenvalue weighted by molar-refractivity contribution is 1.17. The van der Waals surface area contributed by atoms with Crippen molar-refractivity contribution in [2.45, 2.75) is 0 Å². The second-order valence-electron chi connectivity index (χ2n) is 12.0. The van der Waals surface area contributed by atoms with E-state index in [1.807, 2.05) is 36.4 Å². The van der Waals surface area contributed by atoms with Crippen LogP contribution in [0.15, 0.2) is 158 Å². The molecule has 0 aliphatic rings. The monoisotopic (exact) mass is 610 g/mol. The van der Waals surface area contributed by atoms with Gasteiger partial charge in [-0.2, -0.15) is 5.26 Å². The number of rotatable bonds is 4. The van der Waals surface area contributed by atoms with Crippen LogP contribution in [-0.4, -0.2) is 9.13 Å². The van der Waals surface area contributed by atoms with Crippen molar-refractivity contribution in [2.75, 3.05) is 0 Å². The number of hydrogen-bond acceptors (Lipinski definition) is 1. The van der Waals surface area contributed by atoms with Crippen molar-refractivity contribution in [3.63, 3.8) is 0 Å². The molecule has 0 aliphatic heterocycles. The first-order chi connectivity index (χ1) is 23.7. The highest BCUT2D eigenvalue weighted by Gasteiger charge is 2.19. The molecule has 0 unspecified atom stereocenters. The van der Waals surface area contributed by atoms with Gasteiger partial charge < -0.3 is 9.13 Å². The third-order valence-electron chi connectivity index (χ3n) is 9.38. The van der Waals surface area contributed by atoms with Crippen LogP contribution in [0, 0.1) is 17.9 Å². The van der Waals surface area contributed by atoms with Crippen molar-refractivity contribution in [1.82, 2.24) is 9.13 Å². The van der Waals surface area contributed by atoms with Crippen LogP contribution in [0.5, 0.6) is 0 Å². The summed E-state index contributed by atoms with van der Waals surface area (Å²) in [6, 6.07) is 56.8. The molecular weight excluding hydrogens is 585 g/mol. The van der Waals surface area contributed by atoms with E-state index >= 15 is 0 Å². The number of benzene rings is 7. The van der Waals surface area contributed by atoms with E-state index in [-0.39, 0.29) is 0 Å². The number of fused-ring (bicyclic) bond motifs is 6. The van der Waals surface area contributed by atoms with Crippen LogP contribution in [0.3, 0.4) is 0 Å². The maximum atomic E-state index is 9.99. The third-order valence-corrected chi connectivity index (χ3v) is 9.38. The maximum Gasteiger partial charge on any atom is 0.188 e. The fraction of sp³-hybridized carbons (Fsp3) is 0. The van der Waals surface area contributed by atoms with Gasteiger partial charge in [0.05, 0.1) is 46.0 Å². The highest BCUT2D eigenvalue weighted by Crippen LogP contribution is 2.41. The van der Waals surface area contributed by atoms with Crippen LogP contribution in [-0.2, 0) is 0 Å².